The zero-order valence-electron chi connectivity index (χ0n) is 7.59. The maximum absolute atomic E-state index is 8.94. The Balaban J connectivity index is -0.0000000400. The standard InChI is InChI=1S/3AsH3O4.2Pb/c3*2-1(3,4)5;;/h3*(H3,2,3,4,5);;. The molecule has 0 atom stereocenters. The van der Waals surface area contributed by atoms with Crippen LogP contribution in [0.5, 0.6) is 0 Å². The summed E-state index contributed by atoms with van der Waals surface area (Å²) in [6.07, 6.45) is 0. The zero-order valence-corrected chi connectivity index (χ0v) is 21.0. The van der Waals surface area contributed by atoms with Crippen LogP contribution in [-0.2, 0) is 11.2 Å². The Kier molecular flexibility index (Phi) is 25.3. The van der Waals surface area contributed by atoms with Crippen LogP contribution in [0.3, 0.4) is 0 Å². The normalized spacial score (nSPS) is 10.4. The Labute approximate surface area is 144 Å². The van der Waals surface area contributed by atoms with E-state index in [0.29, 0.717) is 0 Å². The van der Waals surface area contributed by atoms with Gasteiger partial charge in [0.05, 0.1) is 0 Å². The van der Waals surface area contributed by atoms with E-state index in [2.05, 4.69) is 0 Å². The summed E-state index contributed by atoms with van der Waals surface area (Å²) in [5.74, 6) is 0. The Morgan fingerprint density at radius 1 is 0.412 bits per heavy atom. The Hall–Kier alpha value is 2.56. The van der Waals surface area contributed by atoms with E-state index in [1.54, 1.807) is 0 Å². The van der Waals surface area contributed by atoms with Crippen molar-refractivity contribution < 1.29 is 48.1 Å². The SMILES string of the molecule is O=[As](O)(O)O.O=[As](O)(O)O.O=[As](O)(O)O.[Pb].[Pb]. The van der Waals surface area contributed by atoms with Crippen molar-refractivity contribution in [2.45, 2.75) is 0 Å². The molecule has 0 spiro atoms. The van der Waals surface area contributed by atoms with Gasteiger partial charge >= 0.3 is 91.6 Å². The van der Waals surface area contributed by atoms with Crippen LogP contribution in [0.1, 0.15) is 0 Å². The molecule has 104 valence electrons. The van der Waals surface area contributed by atoms with Crippen LogP contribution in [-0.4, -0.2) is 135 Å². The van der Waals surface area contributed by atoms with Crippen LogP contribution < -0.4 is 0 Å². The smallest absolute Gasteiger partial charge is 0 e. The van der Waals surface area contributed by atoms with Gasteiger partial charge in [-0.25, -0.2) is 0 Å². The Bertz CT molecular complexity index is 206. The van der Waals surface area contributed by atoms with Crippen molar-refractivity contribution in [3.63, 3.8) is 0 Å². The molecule has 0 saturated heterocycles. The first kappa shape index (κ1) is 31.8. The summed E-state index contributed by atoms with van der Waals surface area (Å²) in [4.78, 5) is 0. The molecule has 8 radical (unpaired) electrons. The molecule has 0 aliphatic rings. The second-order valence-corrected chi connectivity index (χ2v) is 8.00. The molecule has 9 N–H and O–H groups in total. The Morgan fingerprint density at radius 2 is 0.412 bits per heavy atom. The molecule has 0 fully saturated rings. The van der Waals surface area contributed by atoms with E-state index < -0.39 is 43.5 Å². The molecule has 0 aromatic heterocycles. The van der Waals surface area contributed by atoms with Gasteiger partial charge in [0.25, 0.3) is 0 Å². The quantitative estimate of drug-likeness (QED) is 0.104. The summed E-state index contributed by atoms with van der Waals surface area (Å²) in [6, 6.07) is 0. The van der Waals surface area contributed by atoms with E-state index in [0.717, 1.165) is 0 Å². The largest absolute Gasteiger partial charge is 0 e. The molecule has 0 aromatic rings. The summed E-state index contributed by atoms with van der Waals surface area (Å²) in [5.41, 5.74) is 0. The predicted molar refractivity (Wildman–Crippen MR) is 50.8 cm³/mol. The minimum absolute atomic E-state index is 0. The van der Waals surface area contributed by atoms with Crippen LogP contribution in [0, 0.1) is 0 Å². The molecule has 0 unspecified atom stereocenters. The number of rotatable bonds is 0. The van der Waals surface area contributed by atoms with Gasteiger partial charge in [0, 0.05) is 54.6 Å². The van der Waals surface area contributed by atoms with E-state index in [-0.39, 0.29) is 54.6 Å². The van der Waals surface area contributed by atoms with Gasteiger partial charge in [-0.15, -0.1) is 0 Å². The molecule has 0 aliphatic heterocycles. The van der Waals surface area contributed by atoms with Crippen LogP contribution in [0.4, 0.5) is 0 Å². The van der Waals surface area contributed by atoms with E-state index in [1.165, 1.54) is 0 Å². The van der Waals surface area contributed by atoms with E-state index >= 15 is 0 Å². The van der Waals surface area contributed by atoms with Crippen molar-refractivity contribution in [3.8, 4) is 0 Å². The van der Waals surface area contributed by atoms with Crippen LogP contribution in [0.2, 0.25) is 0 Å². The Morgan fingerprint density at radius 3 is 0.412 bits per heavy atom. The summed E-state index contributed by atoms with van der Waals surface area (Å²) >= 11 is -15.4. The van der Waals surface area contributed by atoms with E-state index in [1.807, 2.05) is 0 Å². The molecule has 12 nitrogen and oxygen atoms in total. The third kappa shape index (κ3) is 777. The van der Waals surface area contributed by atoms with Gasteiger partial charge in [0.15, 0.2) is 0 Å². The van der Waals surface area contributed by atoms with Gasteiger partial charge < -0.3 is 0 Å². The van der Waals surface area contributed by atoms with Gasteiger partial charge in [-0.1, -0.05) is 0 Å². The summed E-state index contributed by atoms with van der Waals surface area (Å²) in [5, 5.41) is 0. The molecule has 0 aliphatic carbocycles. The third-order valence-corrected chi connectivity index (χ3v) is 0. The molecule has 17 heteroatoms. The topological polar surface area (TPSA) is 233 Å². The van der Waals surface area contributed by atoms with Crippen molar-refractivity contribution in [1.82, 2.24) is 0 Å². The summed E-state index contributed by atoms with van der Waals surface area (Å²) in [7, 11) is 0. The minimum Gasteiger partial charge on any atom is 0 e. The fourth-order valence-electron chi connectivity index (χ4n) is 0. The van der Waals surface area contributed by atoms with Crippen LogP contribution >= 0.6 is 0 Å². The first-order chi connectivity index (χ1) is 6.00. The molecule has 0 bridgehead atoms. The summed E-state index contributed by atoms with van der Waals surface area (Å²) in [6.45, 7) is 0. The number of hydrogen-bond acceptors (Lipinski definition) is 3. The molecule has 0 amide bonds. The second-order valence-electron chi connectivity index (χ2n) is 1.54. The predicted octanol–water partition coefficient (Wildman–Crippen LogP) is -7.27. The molecular weight excluding hydrogens is 831 g/mol. The zero-order chi connectivity index (χ0) is 13.5. The van der Waals surface area contributed by atoms with Crippen molar-refractivity contribution in [3.05, 3.63) is 0 Å². The molecule has 0 rings (SSSR count). The third-order valence-electron chi connectivity index (χ3n) is 0. The van der Waals surface area contributed by atoms with Crippen molar-refractivity contribution in [2.75, 3.05) is 0 Å². The second kappa shape index (κ2) is 13.5. The molecule has 0 saturated carbocycles. The van der Waals surface area contributed by atoms with Crippen molar-refractivity contribution in [1.29, 1.82) is 0 Å². The molecule has 0 heterocycles. The van der Waals surface area contributed by atoms with Gasteiger partial charge in [0.1, 0.15) is 0 Å². The maximum Gasteiger partial charge on any atom is 0 e. The molecule has 17 heavy (non-hydrogen) atoms. The monoisotopic (exact) mass is 842 g/mol. The average molecular weight is 840 g/mol. The van der Waals surface area contributed by atoms with Crippen LogP contribution in [0.25, 0.3) is 0 Å². The van der Waals surface area contributed by atoms with E-state index in [9.17, 15) is 0 Å². The van der Waals surface area contributed by atoms with Gasteiger partial charge in [-0.05, 0) is 0 Å². The maximum atomic E-state index is 8.94. The van der Waals surface area contributed by atoms with Gasteiger partial charge in [-0.2, -0.15) is 0 Å². The van der Waals surface area contributed by atoms with Crippen molar-refractivity contribution in [2.24, 2.45) is 0 Å². The number of hydrogen-bond donors (Lipinski definition) is 9. The average Bonchev–Trinajstić information content (AvgIpc) is 1.41. The first-order valence-corrected chi connectivity index (χ1v) is 12.2. The van der Waals surface area contributed by atoms with Gasteiger partial charge in [-0.3, -0.25) is 0 Å². The first-order valence-electron chi connectivity index (χ1n) is 2.35. The van der Waals surface area contributed by atoms with Crippen molar-refractivity contribution >= 4 is 98.1 Å². The fourth-order valence-corrected chi connectivity index (χ4v) is 0. The van der Waals surface area contributed by atoms with E-state index in [4.69, 9.17) is 48.1 Å². The fraction of sp³-hybridized carbons (Fsp3) is 0. The molecular formula is H9As3O12Pb2. The summed E-state index contributed by atoms with van der Waals surface area (Å²) < 4.78 is 92.1. The molecule has 0 aromatic carbocycles. The van der Waals surface area contributed by atoms with Gasteiger partial charge in [0.2, 0.25) is 0 Å². The minimum atomic E-state index is -5.12. The van der Waals surface area contributed by atoms with Crippen LogP contribution in [0.15, 0.2) is 0 Å².